The van der Waals surface area contributed by atoms with E-state index in [1.807, 2.05) is 11.8 Å². The summed E-state index contributed by atoms with van der Waals surface area (Å²) in [4.78, 5) is 16.4. The Bertz CT molecular complexity index is 516. The molecule has 106 valence electrons. The largest absolute Gasteiger partial charge is 0.395 e. The van der Waals surface area contributed by atoms with Gasteiger partial charge in [-0.15, -0.1) is 0 Å². The van der Waals surface area contributed by atoms with Crippen molar-refractivity contribution in [2.45, 2.75) is 25.3 Å². The summed E-state index contributed by atoms with van der Waals surface area (Å²) in [5.41, 5.74) is 0.986. The second kappa shape index (κ2) is 7.93. The number of nitrogens with one attached hydrogen (secondary N) is 1. The molecular formula is C15H18N2O2S. The first-order valence-corrected chi connectivity index (χ1v) is 7.90. The number of hydrogen-bond donors (Lipinski definition) is 2. The predicted molar refractivity (Wildman–Crippen MR) is 80.6 cm³/mol. The minimum Gasteiger partial charge on any atom is -0.395 e. The van der Waals surface area contributed by atoms with Gasteiger partial charge in [0, 0.05) is 18.7 Å². The molecule has 0 aliphatic carbocycles. The average molecular weight is 290 g/mol. The number of thioether (sulfide) groups is 1. The summed E-state index contributed by atoms with van der Waals surface area (Å²) < 4.78 is 0. The third-order valence-electron chi connectivity index (χ3n) is 3.04. The number of aliphatic hydroxyl groups excluding tert-OH is 1. The van der Waals surface area contributed by atoms with Gasteiger partial charge >= 0.3 is 0 Å². The monoisotopic (exact) mass is 290 g/mol. The maximum atomic E-state index is 12.3. The van der Waals surface area contributed by atoms with Crippen molar-refractivity contribution < 1.29 is 9.90 Å². The van der Waals surface area contributed by atoms with E-state index in [1.165, 1.54) is 0 Å². The molecule has 4 nitrogen and oxygen atoms in total. The van der Waals surface area contributed by atoms with Crippen LogP contribution in [0.4, 0.5) is 0 Å². The van der Waals surface area contributed by atoms with Gasteiger partial charge in [-0.1, -0.05) is 11.8 Å². The molecule has 0 unspecified atom stereocenters. The lowest BCUT2D eigenvalue weighted by molar-refractivity contribution is 0.0929. The van der Waals surface area contributed by atoms with Crippen molar-refractivity contribution in [2.75, 3.05) is 18.1 Å². The van der Waals surface area contributed by atoms with Gasteiger partial charge in [0.25, 0.3) is 5.91 Å². The standard InChI is InChI=1S/C15H18N2O2S/c18-9-2-1-4-12-5-3-8-16-14(12)15(19)17-13-6-10-20-11-7-13/h3,5,8,13,18H,2,6-7,9-11H2,(H,17,19). The molecule has 1 aliphatic heterocycles. The number of rotatable bonds is 3. The lowest BCUT2D eigenvalue weighted by atomic mass is 10.1. The van der Waals surface area contributed by atoms with Gasteiger partial charge in [-0.25, -0.2) is 4.98 Å². The maximum Gasteiger partial charge on any atom is 0.271 e. The minimum atomic E-state index is -0.157. The van der Waals surface area contributed by atoms with Crippen molar-refractivity contribution in [3.8, 4) is 11.8 Å². The predicted octanol–water partition coefficient (Wildman–Crippen LogP) is 1.44. The van der Waals surface area contributed by atoms with Crippen molar-refractivity contribution in [2.24, 2.45) is 0 Å². The van der Waals surface area contributed by atoms with Crippen LogP contribution in [-0.4, -0.2) is 40.2 Å². The van der Waals surface area contributed by atoms with Crippen LogP contribution in [0.1, 0.15) is 35.3 Å². The SMILES string of the molecule is O=C(NC1CCSCC1)c1ncccc1C#CCCO. The molecule has 0 aromatic carbocycles. The van der Waals surface area contributed by atoms with Crippen molar-refractivity contribution in [1.29, 1.82) is 0 Å². The molecule has 0 radical (unpaired) electrons. The first kappa shape index (κ1) is 14.9. The minimum absolute atomic E-state index is 0.0224. The molecule has 1 amide bonds. The lowest BCUT2D eigenvalue weighted by Crippen LogP contribution is -2.38. The normalized spacial score (nSPS) is 15.2. The molecule has 1 aromatic rings. The smallest absolute Gasteiger partial charge is 0.271 e. The van der Waals surface area contributed by atoms with E-state index in [1.54, 1.807) is 18.3 Å². The average Bonchev–Trinajstić information content (AvgIpc) is 2.49. The molecule has 5 heteroatoms. The van der Waals surface area contributed by atoms with Gasteiger partial charge in [0.05, 0.1) is 12.2 Å². The van der Waals surface area contributed by atoms with Crippen molar-refractivity contribution in [3.05, 3.63) is 29.6 Å². The van der Waals surface area contributed by atoms with Gasteiger partial charge in [0.15, 0.2) is 0 Å². The number of carbonyl (C=O) groups excluding carboxylic acids is 1. The van der Waals surface area contributed by atoms with Crippen molar-refractivity contribution in [1.82, 2.24) is 10.3 Å². The first-order chi connectivity index (χ1) is 9.81. The highest BCUT2D eigenvalue weighted by Gasteiger charge is 2.19. The lowest BCUT2D eigenvalue weighted by Gasteiger charge is -2.22. The molecule has 1 aromatic heterocycles. The molecule has 20 heavy (non-hydrogen) atoms. The van der Waals surface area contributed by atoms with E-state index in [0.717, 1.165) is 24.3 Å². The van der Waals surface area contributed by atoms with Gasteiger partial charge in [0.1, 0.15) is 5.69 Å². The second-order valence-corrected chi connectivity index (χ2v) is 5.76. The van der Waals surface area contributed by atoms with Crippen LogP contribution in [0.25, 0.3) is 0 Å². The molecule has 0 saturated carbocycles. The zero-order valence-corrected chi connectivity index (χ0v) is 12.1. The molecule has 1 saturated heterocycles. The summed E-state index contributed by atoms with van der Waals surface area (Å²) in [7, 11) is 0. The molecule has 2 rings (SSSR count). The highest BCUT2D eigenvalue weighted by atomic mass is 32.2. The second-order valence-electron chi connectivity index (χ2n) is 4.54. The molecule has 2 heterocycles. The van der Waals surface area contributed by atoms with E-state index in [0.29, 0.717) is 17.7 Å². The Hall–Kier alpha value is -1.51. The Balaban J connectivity index is 2.07. The summed E-state index contributed by atoms with van der Waals surface area (Å²) >= 11 is 1.93. The van der Waals surface area contributed by atoms with E-state index in [4.69, 9.17) is 5.11 Å². The quantitative estimate of drug-likeness (QED) is 0.827. The third-order valence-corrected chi connectivity index (χ3v) is 4.09. The topological polar surface area (TPSA) is 62.2 Å². The van der Waals surface area contributed by atoms with E-state index >= 15 is 0 Å². The van der Waals surface area contributed by atoms with Crippen LogP contribution in [0, 0.1) is 11.8 Å². The maximum absolute atomic E-state index is 12.3. The number of hydrogen-bond acceptors (Lipinski definition) is 4. The molecule has 2 N–H and O–H groups in total. The van der Waals surface area contributed by atoms with Crippen LogP contribution in [0.2, 0.25) is 0 Å². The number of aromatic nitrogens is 1. The fourth-order valence-electron chi connectivity index (χ4n) is 2.00. The Morgan fingerprint density at radius 2 is 2.30 bits per heavy atom. The van der Waals surface area contributed by atoms with Crippen molar-refractivity contribution in [3.63, 3.8) is 0 Å². The Labute approximate surface area is 123 Å². The molecule has 0 spiro atoms. The Morgan fingerprint density at radius 3 is 3.05 bits per heavy atom. The summed E-state index contributed by atoms with van der Waals surface area (Å²) in [6.45, 7) is 0.0224. The molecule has 0 bridgehead atoms. The number of pyridine rings is 1. The molecule has 1 fully saturated rings. The molecular weight excluding hydrogens is 272 g/mol. The Kier molecular flexibility index (Phi) is 5.90. The summed E-state index contributed by atoms with van der Waals surface area (Å²) in [6.07, 6.45) is 4.02. The van der Waals surface area contributed by atoms with Crippen LogP contribution in [0.15, 0.2) is 18.3 Å². The zero-order valence-electron chi connectivity index (χ0n) is 11.3. The van der Waals surface area contributed by atoms with Crippen LogP contribution in [0.3, 0.4) is 0 Å². The van der Waals surface area contributed by atoms with Gasteiger partial charge in [-0.05, 0) is 36.5 Å². The van der Waals surface area contributed by atoms with Gasteiger partial charge < -0.3 is 10.4 Å². The number of aliphatic hydroxyl groups is 1. The fourth-order valence-corrected chi connectivity index (χ4v) is 3.10. The molecule has 0 atom stereocenters. The highest BCUT2D eigenvalue weighted by molar-refractivity contribution is 7.99. The van der Waals surface area contributed by atoms with E-state index in [2.05, 4.69) is 22.1 Å². The third kappa shape index (κ3) is 4.26. The van der Waals surface area contributed by atoms with Gasteiger partial charge in [-0.2, -0.15) is 11.8 Å². The van der Waals surface area contributed by atoms with Gasteiger partial charge in [-0.3, -0.25) is 4.79 Å². The van der Waals surface area contributed by atoms with E-state index in [9.17, 15) is 4.79 Å². The summed E-state index contributed by atoms with van der Waals surface area (Å²) in [5.74, 6) is 7.75. The highest BCUT2D eigenvalue weighted by Crippen LogP contribution is 2.17. The van der Waals surface area contributed by atoms with Gasteiger partial charge in [0.2, 0.25) is 0 Å². The molecule has 1 aliphatic rings. The number of amides is 1. The number of nitrogens with zero attached hydrogens (tertiary/aromatic N) is 1. The van der Waals surface area contributed by atoms with E-state index in [-0.39, 0.29) is 18.6 Å². The zero-order chi connectivity index (χ0) is 14.2. The van der Waals surface area contributed by atoms with Crippen LogP contribution < -0.4 is 5.32 Å². The van der Waals surface area contributed by atoms with Crippen LogP contribution in [0.5, 0.6) is 0 Å². The summed E-state index contributed by atoms with van der Waals surface area (Å²) in [5, 5.41) is 11.8. The van der Waals surface area contributed by atoms with Crippen LogP contribution in [-0.2, 0) is 0 Å². The Morgan fingerprint density at radius 1 is 1.50 bits per heavy atom. The van der Waals surface area contributed by atoms with Crippen molar-refractivity contribution >= 4 is 17.7 Å². The fraction of sp³-hybridized carbons (Fsp3) is 0.467. The van der Waals surface area contributed by atoms with Crippen LogP contribution >= 0.6 is 11.8 Å². The summed E-state index contributed by atoms with van der Waals surface area (Å²) in [6, 6.07) is 3.78. The van der Waals surface area contributed by atoms with E-state index < -0.39 is 0 Å². The number of carbonyl (C=O) groups is 1. The first-order valence-electron chi connectivity index (χ1n) is 6.74.